The smallest absolute Gasteiger partial charge is 0.349 e. The molecule has 2 aliphatic heterocycles. The van der Waals surface area contributed by atoms with Gasteiger partial charge in [0.05, 0.1) is 24.2 Å². The third kappa shape index (κ3) is 3.64. The van der Waals surface area contributed by atoms with Crippen LogP contribution < -0.4 is 11.2 Å². The first-order chi connectivity index (χ1) is 12.7. The molecule has 5 N–H and O–H groups in total. The van der Waals surface area contributed by atoms with Gasteiger partial charge in [-0.2, -0.15) is 4.98 Å². The monoisotopic (exact) mass is 440 g/mol. The van der Waals surface area contributed by atoms with Crippen molar-refractivity contribution in [2.24, 2.45) is 0 Å². The van der Waals surface area contributed by atoms with Crippen molar-refractivity contribution in [3.63, 3.8) is 0 Å². The molecule has 10 nitrogen and oxygen atoms in total. The summed E-state index contributed by atoms with van der Waals surface area (Å²) in [6, 6.07) is 3.40. The SMILES string of the molecule is Cc1cc2c(cc1Br)nc1c(=O)[nH]c(=O)nc-1n2C[C@H](O)[C@H](O)[C@H](O)CO. The normalized spacial score (nSPS) is 15.2. The summed E-state index contributed by atoms with van der Waals surface area (Å²) < 4.78 is 2.13. The van der Waals surface area contributed by atoms with Crippen LogP contribution in [0.25, 0.3) is 22.6 Å². The highest BCUT2D eigenvalue weighted by molar-refractivity contribution is 9.10. The van der Waals surface area contributed by atoms with E-state index in [0.29, 0.717) is 11.0 Å². The zero-order valence-electron chi connectivity index (χ0n) is 14.1. The van der Waals surface area contributed by atoms with Gasteiger partial charge in [-0.25, -0.2) is 9.78 Å². The van der Waals surface area contributed by atoms with Crippen molar-refractivity contribution in [1.29, 1.82) is 0 Å². The molecule has 0 spiro atoms. The molecular formula is C16H17BrN4O6. The van der Waals surface area contributed by atoms with Crippen LogP contribution in [-0.4, -0.2) is 64.9 Å². The van der Waals surface area contributed by atoms with E-state index in [4.69, 9.17) is 5.11 Å². The molecule has 0 radical (unpaired) electrons. The lowest BCUT2D eigenvalue weighted by molar-refractivity contribution is -0.0802. The standard InChI is InChI=1S/C16H17BrN4O6/c1-6-2-9-8(3-7(6)17)18-12-14(19-16(27)20-15(12)26)21(9)4-10(23)13(25)11(24)5-22/h2-3,10-11,13,22-25H,4-5H2,1H3,(H,20,26,27)/t10-,11+,13-/m0/s1. The predicted octanol–water partition coefficient (Wildman–Crippen LogP) is -1.27. The van der Waals surface area contributed by atoms with Crippen LogP contribution in [0.3, 0.4) is 0 Å². The maximum atomic E-state index is 12.2. The number of aliphatic hydroxyl groups excluding tert-OH is 4. The van der Waals surface area contributed by atoms with Crippen molar-refractivity contribution < 1.29 is 20.4 Å². The summed E-state index contributed by atoms with van der Waals surface area (Å²) in [5, 5.41) is 38.8. The van der Waals surface area contributed by atoms with Gasteiger partial charge in [-0.1, -0.05) is 15.9 Å². The number of nitrogens with zero attached hydrogens (tertiary/aromatic N) is 3. The fraction of sp³-hybridized carbons (Fsp3) is 0.375. The fourth-order valence-electron chi connectivity index (χ4n) is 2.76. The first kappa shape index (κ1) is 19.6. The first-order valence-electron chi connectivity index (χ1n) is 7.98. The second-order valence-corrected chi connectivity index (χ2v) is 7.02. The predicted molar refractivity (Wildman–Crippen MR) is 98.6 cm³/mol. The van der Waals surface area contributed by atoms with E-state index in [1.54, 1.807) is 12.1 Å². The number of benzene rings is 1. The van der Waals surface area contributed by atoms with E-state index in [1.165, 1.54) is 4.57 Å². The van der Waals surface area contributed by atoms with E-state index >= 15 is 0 Å². The van der Waals surface area contributed by atoms with Gasteiger partial charge < -0.3 is 25.0 Å². The van der Waals surface area contributed by atoms with E-state index in [-0.39, 0.29) is 18.1 Å². The third-order valence-electron chi connectivity index (χ3n) is 4.23. The highest BCUT2D eigenvalue weighted by atomic mass is 79.9. The Balaban J connectivity index is 2.28. The molecule has 3 rings (SSSR count). The largest absolute Gasteiger partial charge is 0.394 e. The molecule has 0 amide bonds. The first-order valence-corrected chi connectivity index (χ1v) is 8.78. The van der Waals surface area contributed by atoms with Crippen molar-refractivity contribution in [3.8, 4) is 11.5 Å². The molecule has 1 aromatic carbocycles. The Morgan fingerprint density at radius 1 is 1.19 bits per heavy atom. The van der Waals surface area contributed by atoms with E-state index in [1.807, 2.05) is 11.9 Å². The van der Waals surface area contributed by atoms with Gasteiger partial charge in [0, 0.05) is 4.47 Å². The Bertz CT molecular complexity index is 1080. The van der Waals surface area contributed by atoms with Crippen LogP contribution in [-0.2, 0) is 6.54 Å². The van der Waals surface area contributed by atoms with Gasteiger partial charge in [-0.15, -0.1) is 0 Å². The summed E-state index contributed by atoms with van der Waals surface area (Å²) >= 11 is 3.39. The molecular weight excluding hydrogens is 424 g/mol. The number of halogens is 1. The van der Waals surface area contributed by atoms with Gasteiger partial charge >= 0.3 is 5.69 Å². The molecule has 0 aromatic heterocycles. The topological polar surface area (TPSA) is 162 Å². The Hall–Kier alpha value is -2.18. The summed E-state index contributed by atoms with van der Waals surface area (Å²) in [5.74, 6) is -0.0669. The van der Waals surface area contributed by atoms with Crippen LogP contribution in [0.4, 0.5) is 0 Å². The highest BCUT2D eigenvalue weighted by Crippen LogP contribution is 2.27. The van der Waals surface area contributed by atoms with Gasteiger partial charge in [0.1, 0.15) is 18.3 Å². The molecule has 3 atom stereocenters. The fourth-order valence-corrected chi connectivity index (χ4v) is 3.10. The number of aromatic amines is 1. The Morgan fingerprint density at radius 2 is 1.89 bits per heavy atom. The quantitative estimate of drug-likeness (QED) is 0.306. The molecule has 0 aliphatic carbocycles. The van der Waals surface area contributed by atoms with Gasteiger partial charge in [0.2, 0.25) is 0 Å². The second-order valence-electron chi connectivity index (χ2n) is 6.16. The Morgan fingerprint density at radius 3 is 2.56 bits per heavy atom. The average Bonchev–Trinajstić information content (AvgIpc) is 2.62. The lowest BCUT2D eigenvalue weighted by Gasteiger charge is -2.25. The molecule has 0 saturated heterocycles. The molecule has 0 unspecified atom stereocenters. The van der Waals surface area contributed by atoms with Crippen LogP contribution in [0.5, 0.6) is 0 Å². The second kappa shape index (κ2) is 7.44. The van der Waals surface area contributed by atoms with Crippen molar-refractivity contribution in [2.45, 2.75) is 31.8 Å². The summed E-state index contributed by atoms with van der Waals surface area (Å²) in [4.78, 5) is 33.9. The number of hydrogen-bond donors (Lipinski definition) is 5. The molecule has 27 heavy (non-hydrogen) atoms. The van der Waals surface area contributed by atoms with Crippen LogP contribution in [0.15, 0.2) is 26.2 Å². The highest BCUT2D eigenvalue weighted by Gasteiger charge is 2.27. The molecule has 0 fully saturated rings. The van der Waals surface area contributed by atoms with Crippen LogP contribution in [0.1, 0.15) is 5.56 Å². The number of H-pyrrole nitrogens is 1. The summed E-state index contributed by atoms with van der Waals surface area (Å²) in [7, 11) is 0. The number of aryl methyl sites for hydroxylation is 1. The maximum Gasteiger partial charge on any atom is 0.349 e. The third-order valence-corrected chi connectivity index (χ3v) is 5.09. The number of rotatable bonds is 5. The van der Waals surface area contributed by atoms with Crippen molar-refractivity contribution >= 4 is 27.0 Å². The lowest BCUT2D eigenvalue weighted by Crippen LogP contribution is -2.42. The van der Waals surface area contributed by atoms with Crippen molar-refractivity contribution in [2.75, 3.05) is 6.61 Å². The van der Waals surface area contributed by atoms with E-state index < -0.39 is 36.2 Å². The van der Waals surface area contributed by atoms with Gasteiger partial charge in [0.25, 0.3) is 5.56 Å². The Labute approximate surface area is 160 Å². The molecule has 11 heteroatoms. The lowest BCUT2D eigenvalue weighted by atomic mass is 10.1. The number of aliphatic hydroxyl groups is 4. The minimum absolute atomic E-state index is 0.0669. The van der Waals surface area contributed by atoms with Crippen molar-refractivity contribution in [3.05, 3.63) is 43.0 Å². The van der Waals surface area contributed by atoms with E-state index in [0.717, 1.165) is 10.0 Å². The molecule has 2 aliphatic rings. The number of hydrogen-bond acceptors (Lipinski definition) is 8. The van der Waals surface area contributed by atoms with E-state index in [2.05, 4.69) is 25.9 Å². The van der Waals surface area contributed by atoms with Crippen LogP contribution >= 0.6 is 15.9 Å². The summed E-state index contributed by atoms with van der Waals surface area (Å²) in [5.41, 5.74) is -0.0255. The van der Waals surface area contributed by atoms with Crippen molar-refractivity contribution in [1.82, 2.24) is 19.5 Å². The van der Waals surface area contributed by atoms with Crippen LogP contribution in [0.2, 0.25) is 0 Å². The molecule has 144 valence electrons. The zero-order chi connectivity index (χ0) is 19.9. The molecule has 0 bridgehead atoms. The Kier molecular flexibility index (Phi) is 5.40. The summed E-state index contributed by atoms with van der Waals surface area (Å²) in [6.07, 6.45) is -4.71. The molecule has 0 saturated carbocycles. The summed E-state index contributed by atoms with van der Waals surface area (Å²) in [6.45, 7) is 0.781. The van der Waals surface area contributed by atoms with Gasteiger partial charge in [0.15, 0.2) is 11.5 Å². The number of fused-ring (bicyclic) bond motifs is 2. The zero-order valence-corrected chi connectivity index (χ0v) is 15.7. The minimum atomic E-state index is -1.65. The maximum absolute atomic E-state index is 12.2. The van der Waals surface area contributed by atoms with Gasteiger partial charge in [-0.3, -0.25) is 9.78 Å². The minimum Gasteiger partial charge on any atom is -0.394 e. The average molecular weight is 441 g/mol. The van der Waals surface area contributed by atoms with Crippen LogP contribution in [0, 0.1) is 6.92 Å². The van der Waals surface area contributed by atoms with E-state index in [9.17, 15) is 24.9 Å². The van der Waals surface area contributed by atoms with Gasteiger partial charge in [-0.05, 0) is 24.6 Å². The number of nitrogens with one attached hydrogen (secondary N) is 1. The molecule has 1 aromatic rings. The molecule has 2 heterocycles. The number of aromatic nitrogens is 4.